The number of methoxy groups -OCH3 is 1. The first-order valence-corrected chi connectivity index (χ1v) is 8.02. The van der Waals surface area contributed by atoms with Crippen LogP contribution in [0.2, 0.25) is 0 Å². The molecule has 23 heavy (non-hydrogen) atoms. The first-order valence-electron chi connectivity index (χ1n) is 8.02. The molecule has 2 aromatic rings. The molecule has 1 aromatic carbocycles. The summed E-state index contributed by atoms with van der Waals surface area (Å²) in [5.74, 6) is 1.57. The Kier molecular flexibility index (Phi) is 6.41. The fraction of sp³-hybridized carbons (Fsp3) is 0.421. The molecule has 0 N–H and O–H groups in total. The van der Waals surface area contributed by atoms with Gasteiger partial charge in [0.05, 0.1) is 12.8 Å². The number of ether oxygens (including phenoxy) is 2. The van der Waals surface area contributed by atoms with Gasteiger partial charge in [-0.1, -0.05) is 19.1 Å². The van der Waals surface area contributed by atoms with Crippen molar-refractivity contribution in [1.29, 1.82) is 0 Å². The zero-order valence-corrected chi connectivity index (χ0v) is 14.5. The summed E-state index contributed by atoms with van der Waals surface area (Å²) in [6.07, 6.45) is 2.98. The number of nitrogens with zero attached hydrogens (tertiary/aromatic N) is 2. The maximum absolute atomic E-state index is 5.84. The van der Waals surface area contributed by atoms with Crippen LogP contribution in [0.25, 0.3) is 0 Å². The SMILES string of the molecule is CCc1ccc(CN(C)CCOc2ccc(C)cc2OC)nc1. The van der Waals surface area contributed by atoms with Crippen molar-refractivity contribution in [3.63, 3.8) is 0 Å². The van der Waals surface area contributed by atoms with Crippen LogP contribution in [0.5, 0.6) is 11.5 Å². The lowest BCUT2D eigenvalue weighted by Gasteiger charge is -2.17. The van der Waals surface area contributed by atoms with Crippen molar-refractivity contribution in [1.82, 2.24) is 9.88 Å². The zero-order chi connectivity index (χ0) is 16.7. The second-order valence-electron chi connectivity index (χ2n) is 5.75. The minimum Gasteiger partial charge on any atom is -0.493 e. The largest absolute Gasteiger partial charge is 0.493 e. The molecule has 0 aliphatic carbocycles. The fourth-order valence-corrected chi connectivity index (χ4v) is 2.32. The van der Waals surface area contributed by atoms with E-state index in [4.69, 9.17) is 9.47 Å². The lowest BCUT2D eigenvalue weighted by molar-refractivity contribution is 0.225. The number of aromatic nitrogens is 1. The molecule has 0 fully saturated rings. The Morgan fingerprint density at radius 2 is 1.96 bits per heavy atom. The molecule has 4 heteroatoms. The van der Waals surface area contributed by atoms with Gasteiger partial charge in [-0.25, -0.2) is 0 Å². The van der Waals surface area contributed by atoms with Gasteiger partial charge in [0.1, 0.15) is 6.61 Å². The van der Waals surface area contributed by atoms with E-state index in [1.807, 2.05) is 31.3 Å². The molecule has 0 amide bonds. The maximum atomic E-state index is 5.84. The molecule has 0 aliphatic heterocycles. The molecule has 1 heterocycles. The zero-order valence-electron chi connectivity index (χ0n) is 14.5. The van der Waals surface area contributed by atoms with Crippen LogP contribution >= 0.6 is 0 Å². The average Bonchev–Trinajstić information content (AvgIpc) is 2.56. The normalized spacial score (nSPS) is 10.8. The van der Waals surface area contributed by atoms with Crippen molar-refractivity contribution in [2.45, 2.75) is 26.8 Å². The Labute approximate surface area is 139 Å². The van der Waals surface area contributed by atoms with Gasteiger partial charge < -0.3 is 9.47 Å². The Bertz CT molecular complexity index is 611. The van der Waals surface area contributed by atoms with E-state index in [1.165, 1.54) is 5.56 Å². The summed E-state index contributed by atoms with van der Waals surface area (Å²) < 4.78 is 11.2. The molecular weight excluding hydrogens is 288 g/mol. The molecular formula is C19H26N2O2. The van der Waals surface area contributed by atoms with E-state index >= 15 is 0 Å². The van der Waals surface area contributed by atoms with Crippen LogP contribution in [-0.2, 0) is 13.0 Å². The van der Waals surface area contributed by atoms with Crippen molar-refractivity contribution in [3.05, 3.63) is 53.3 Å². The van der Waals surface area contributed by atoms with E-state index in [-0.39, 0.29) is 0 Å². The predicted octanol–water partition coefficient (Wildman–Crippen LogP) is 3.47. The first kappa shape index (κ1) is 17.3. The monoisotopic (exact) mass is 314 g/mol. The lowest BCUT2D eigenvalue weighted by Crippen LogP contribution is -2.24. The van der Waals surface area contributed by atoms with Gasteiger partial charge in [-0.3, -0.25) is 9.88 Å². The summed E-state index contributed by atoms with van der Waals surface area (Å²) in [6, 6.07) is 10.2. The van der Waals surface area contributed by atoms with Crippen LogP contribution in [0.15, 0.2) is 36.5 Å². The van der Waals surface area contributed by atoms with E-state index in [1.54, 1.807) is 7.11 Å². The smallest absolute Gasteiger partial charge is 0.161 e. The van der Waals surface area contributed by atoms with Gasteiger partial charge in [-0.15, -0.1) is 0 Å². The topological polar surface area (TPSA) is 34.6 Å². The molecule has 0 unspecified atom stereocenters. The Balaban J connectivity index is 1.81. The molecule has 0 aliphatic rings. The minimum absolute atomic E-state index is 0.614. The van der Waals surface area contributed by atoms with Crippen molar-refractivity contribution in [2.24, 2.45) is 0 Å². The predicted molar refractivity (Wildman–Crippen MR) is 93.2 cm³/mol. The highest BCUT2D eigenvalue weighted by atomic mass is 16.5. The van der Waals surface area contributed by atoms with Crippen LogP contribution in [0.4, 0.5) is 0 Å². The molecule has 0 spiro atoms. The van der Waals surface area contributed by atoms with Crippen molar-refractivity contribution in [3.8, 4) is 11.5 Å². The van der Waals surface area contributed by atoms with Gasteiger partial charge >= 0.3 is 0 Å². The summed E-state index contributed by atoms with van der Waals surface area (Å²) in [4.78, 5) is 6.69. The quantitative estimate of drug-likeness (QED) is 0.747. The van der Waals surface area contributed by atoms with Gasteiger partial charge in [-0.05, 0) is 49.7 Å². The third-order valence-corrected chi connectivity index (χ3v) is 3.78. The van der Waals surface area contributed by atoms with Crippen molar-refractivity contribution >= 4 is 0 Å². The second-order valence-corrected chi connectivity index (χ2v) is 5.75. The van der Waals surface area contributed by atoms with Crippen LogP contribution in [-0.4, -0.2) is 37.2 Å². The highest BCUT2D eigenvalue weighted by molar-refractivity contribution is 5.42. The molecule has 1 aromatic heterocycles. The van der Waals surface area contributed by atoms with Crippen molar-refractivity contribution < 1.29 is 9.47 Å². The number of likely N-dealkylation sites (N-methyl/N-ethyl adjacent to an activating group) is 1. The van der Waals surface area contributed by atoms with Gasteiger partial charge in [0, 0.05) is 19.3 Å². The maximum Gasteiger partial charge on any atom is 0.161 e. The molecule has 124 valence electrons. The van der Waals surface area contributed by atoms with E-state index < -0.39 is 0 Å². The van der Waals surface area contributed by atoms with Gasteiger partial charge in [0.15, 0.2) is 11.5 Å². The molecule has 4 nitrogen and oxygen atoms in total. The van der Waals surface area contributed by atoms with Crippen LogP contribution in [0.3, 0.4) is 0 Å². The summed E-state index contributed by atoms with van der Waals surface area (Å²) in [7, 11) is 3.74. The van der Waals surface area contributed by atoms with Crippen LogP contribution in [0, 0.1) is 6.92 Å². The number of benzene rings is 1. The third-order valence-electron chi connectivity index (χ3n) is 3.78. The summed E-state index contributed by atoms with van der Waals surface area (Å²) in [5.41, 5.74) is 3.51. The van der Waals surface area contributed by atoms with Gasteiger partial charge in [-0.2, -0.15) is 0 Å². The van der Waals surface area contributed by atoms with Gasteiger partial charge in [0.25, 0.3) is 0 Å². The van der Waals surface area contributed by atoms with E-state index in [2.05, 4.69) is 36.0 Å². The first-order chi connectivity index (χ1) is 11.1. The number of pyridine rings is 1. The fourth-order valence-electron chi connectivity index (χ4n) is 2.32. The molecule has 0 saturated heterocycles. The minimum atomic E-state index is 0.614. The number of aryl methyl sites for hydroxylation is 2. The van der Waals surface area contributed by atoms with Crippen LogP contribution < -0.4 is 9.47 Å². The third kappa shape index (κ3) is 5.25. The van der Waals surface area contributed by atoms with Crippen molar-refractivity contribution in [2.75, 3.05) is 27.3 Å². The molecule has 0 saturated carbocycles. The van der Waals surface area contributed by atoms with Gasteiger partial charge in [0.2, 0.25) is 0 Å². The van der Waals surface area contributed by atoms with E-state index in [0.717, 1.165) is 42.3 Å². The highest BCUT2D eigenvalue weighted by Gasteiger charge is 2.06. The lowest BCUT2D eigenvalue weighted by atomic mass is 10.2. The van der Waals surface area contributed by atoms with E-state index in [0.29, 0.717) is 6.61 Å². The molecule has 0 atom stereocenters. The molecule has 2 rings (SSSR count). The standard InChI is InChI=1S/C19H26N2O2/c1-5-16-7-8-17(20-13-16)14-21(3)10-11-23-18-9-6-15(2)12-19(18)22-4/h6-9,12-13H,5,10-11,14H2,1-4H3. The number of rotatable bonds is 8. The molecule has 0 radical (unpaired) electrons. The Morgan fingerprint density at radius 1 is 1.13 bits per heavy atom. The number of hydrogen-bond acceptors (Lipinski definition) is 4. The average molecular weight is 314 g/mol. The summed E-state index contributed by atoms with van der Waals surface area (Å²) >= 11 is 0. The molecule has 0 bridgehead atoms. The second kappa shape index (κ2) is 8.53. The Hall–Kier alpha value is -2.07. The summed E-state index contributed by atoms with van der Waals surface area (Å²) in [6.45, 7) is 6.44. The highest BCUT2D eigenvalue weighted by Crippen LogP contribution is 2.27. The Morgan fingerprint density at radius 3 is 2.61 bits per heavy atom. The summed E-state index contributed by atoms with van der Waals surface area (Å²) in [5, 5.41) is 0. The van der Waals surface area contributed by atoms with Crippen LogP contribution in [0.1, 0.15) is 23.7 Å². The number of hydrogen-bond donors (Lipinski definition) is 0. The van der Waals surface area contributed by atoms with E-state index in [9.17, 15) is 0 Å².